The van der Waals surface area contributed by atoms with Gasteiger partial charge < -0.3 is 46.1 Å². The second-order valence-corrected chi connectivity index (χ2v) is 34.6. The zero-order chi connectivity index (χ0) is 92.2. The summed E-state index contributed by atoms with van der Waals surface area (Å²) in [5.74, 6) is 3.53. The lowest BCUT2D eigenvalue weighted by atomic mass is 10.1. The minimum Gasteiger partial charge on any atom is -0.397 e. The van der Waals surface area contributed by atoms with Gasteiger partial charge in [-0.25, -0.2) is 39.9 Å². The van der Waals surface area contributed by atoms with Crippen molar-refractivity contribution in [3.8, 4) is 124 Å². The molecule has 0 atom stereocenters. The Hall–Kier alpha value is -17.7. The quantitative estimate of drug-likeness (QED) is 0.0337. The first-order valence-electron chi connectivity index (χ1n) is 45.3. The molecule has 2 aliphatic rings. The van der Waals surface area contributed by atoms with Crippen LogP contribution in [0, 0.1) is 5.92 Å². The van der Waals surface area contributed by atoms with Gasteiger partial charge in [0, 0.05) is 205 Å². The van der Waals surface area contributed by atoms with Crippen molar-refractivity contribution in [2.24, 2.45) is 5.92 Å². The number of fused-ring (bicyclic) bond motifs is 8. The van der Waals surface area contributed by atoms with E-state index in [-0.39, 0.29) is 0 Å². The summed E-state index contributed by atoms with van der Waals surface area (Å²) in [6.45, 7) is 8.98. The number of pyridine rings is 15. The van der Waals surface area contributed by atoms with Gasteiger partial charge >= 0.3 is 0 Å². The molecule has 0 unspecified atom stereocenters. The SMILES string of the molecule is CC(C)Nc1cncc(-c2cnc3n[nH]c(-c4nc5c(-c6ccccn6)cncc5[nH]4)c3c2)c1.CN(C)Cc1cncc(-c2cnc3n[nH]c(-c4nc5c(-c6ccccn6)cncc5[nH]4)c3c2)c1.Nc1cncc(-c2cnc3n[nH]c(-c4nc5c(N6CCCCC6)cncc5[nH]4)c3c2)c1.c1ccc(-c2cncc3[nH]c(-c4[nH]nc5ncc(-c6cncc(CNCC7CCCC7)c6)cc45)nc23)nc1. The Labute approximate surface area is 781 Å². The molecule has 0 amide bonds. The zero-order valence-electron chi connectivity index (χ0n) is 75.0. The number of piperidine rings is 1. The van der Waals surface area contributed by atoms with Crippen LogP contribution in [0.15, 0.2) is 246 Å². The van der Waals surface area contributed by atoms with E-state index in [0.717, 1.165) is 222 Å². The Bertz CT molecular complexity index is 8020. The summed E-state index contributed by atoms with van der Waals surface area (Å²) in [7, 11) is 4.08. The van der Waals surface area contributed by atoms with Crippen LogP contribution >= 0.6 is 0 Å². The van der Waals surface area contributed by atoms with Crippen LogP contribution in [0.1, 0.15) is 69.9 Å². The average molecular weight is 1810 g/mol. The number of H-pyrrole nitrogens is 8. The molecule has 23 aromatic heterocycles. The van der Waals surface area contributed by atoms with Gasteiger partial charge in [0.15, 0.2) is 45.9 Å². The van der Waals surface area contributed by atoms with Gasteiger partial charge in [-0.2, -0.15) is 20.4 Å². The van der Waals surface area contributed by atoms with Gasteiger partial charge in [0.2, 0.25) is 0 Å². The number of hydrogen-bond acceptors (Lipinski definition) is 28. The topological polar surface area (TPSA) is 479 Å². The van der Waals surface area contributed by atoms with E-state index in [1.54, 1.807) is 74.4 Å². The number of rotatable bonds is 20. The molecule has 674 valence electrons. The third kappa shape index (κ3) is 17.9. The molecule has 0 bridgehead atoms. The van der Waals surface area contributed by atoms with Crippen LogP contribution in [0.25, 0.3) is 213 Å². The fourth-order valence-electron chi connectivity index (χ4n) is 17.7. The Kier molecular flexibility index (Phi) is 23.2. The second kappa shape index (κ2) is 37.5. The molecule has 0 spiro atoms. The summed E-state index contributed by atoms with van der Waals surface area (Å²) in [5.41, 5.74) is 36.0. The predicted molar refractivity (Wildman–Crippen MR) is 530 cm³/mol. The first-order valence-corrected chi connectivity index (χ1v) is 45.3. The van der Waals surface area contributed by atoms with Gasteiger partial charge in [-0.05, 0) is 169 Å². The van der Waals surface area contributed by atoms with Crippen molar-refractivity contribution in [1.82, 2.24) is 166 Å². The number of nitrogens with two attached hydrogens (primary N) is 1. The minimum absolute atomic E-state index is 0.316. The van der Waals surface area contributed by atoms with E-state index in [2.05, 4.69) is 206 Å². The Morgan fingerprint density at radius 1 is 0.380 bits per heavy atom. The number of nitrogen functional groups attached to an aromatic ring is 1. The molecule has 1 saturated carbocycles. The van der Waals surface area contributed by atoms with E-state index >= 15 is 0 Å². The summed E-state index contributed by atoms with van der Waals surface area (Å²) in [6.07, 6.45) is 50.7. The highest BCUT2D eigenvalue weighted by Crippen LogP contribution is 2.39. The highest BCUT2D eigenvalue weighted by atomic mass is 15.2. The van der Waals surface area contributed by atoms with E-state index in [0.29, 0.717) is 57.6 Å². The van der Waals surface area contributed by atoms with Crippen LogP contribution in [-0.4, -0.2) is 200 Å². The number of aromatic amines is 8. The van der Waals surface area contributed by atoms with Crippen molar-refractivity contribution in [2.75, 3.05) is 49.7 Å². The molecular formula is C101H90N36. The fourth-order valence-corrected chi connectivity index (χ4v) is 17.7. The number of nitrogens with one attached hydrogen (secondary N) is 10. The summed E-state index contributed by atoms with van der Waals surface area (Å²) in [6, 6.07) is 34.2. The van der Waals surface area contributed by atoms with E-state index < -0.39 is 0 Å². The molecule has 36 heteroatoms. The van der Waals surface area contributed by atoms with E-state index in [1.807, 2.05) is 149 Å². The van der Waals surface area contributed by atoms with Crippen LogP contribution in [0.4, 0.5) is 17.1 Å². The van der Waals surface area contributed by atoms with Crippen molar-refractivity contribution in [1.29, 1.82) is 0 Å². The average Bonchev–Trinajstić information content (AvgIpc) is 1.63. The molecule has 1 aliphatic heterocycles. The Morgan fingerprint density at radius 2 is 0.759 bits per heavy atom. The molecule has 23 aromatic rings. The van der Waals surface area contributed by atoms with E-state index in [9.17, 15) is 0 Å². The van der Waals surface area contributed by atoms with Crippen LogP contribution in [0.2, 0.25) is 0 Å². The summed E-state index contributed by atoms with van der Waals surface area (Å²) < 4.78 is 0. The lowest BCUT2D eigenvalue weighted by molar-refractivity contribution is 0.402. The molecular weight excluding hydrogens is 1720 g/mol. The first kappa shape index (κ1) is 84.8. The first-order chi connectivity index (χ1) is 67.4. The highest BCUT2D eigenvalue weighted by Gasteiger charge is 2.25. The predicted octanol–water partition coefficient (Wildman–Crippen LogP) is 17.8. The van der Waals surface area contributed by atoms with Crippen molar-refractivity contribution in [2.45, 2.75) is 77.9 Å². The fraction of sp³-hybridized carbons (Fsp3) is 0.178. The second-order valence-electron chi connectivity index (χ2n) is 34.6. The molecule has 36 nitrogen and oxygen atoms in total. The smallest absolute Gasteiger partial charge is 0.181 e. The van der Waals surface area contributed by atoms with Gasteiger partial charge in [0.05, 0.1) is 109 Å². The molecule has 2 fully saturated rings. The lowest BCUT2D eigenvalue weighted by Crippen LogP contribution is -2.29. The lowest BCUT2D eigenvalue weighted by Gasteiger charge is -2.28. The third-order valence-corrected chi connectivity index (χ3v) is 24.3. The molecule has 0 aromatic carbocycles. The van der Waals surface area contributed by atoms with E-state index in [1.165, 1.54) is 50.5 Å². The molecule has 1 aliphatic carbocycles. The van der Waals surface area contributed by atoms with Gasteiger partial charge in [-0.3, -0.25) is 75.2 Å². The van der Waals surface area contributed by atoms with Gasteiger partial charge in [0.1, 0.15) is 44.8 Å². The van der Waals surface area contributed by atoms with Crippen molar-refractivity contribution in [3.63, 3.8) is 0 Å². The molecule has 137 heavy (non-hydrogen) atoms. The molecule has 24 heterocycles. The van der Waals surface area contributed by atoms with Crippen LogP contribution in [-0.2, 0) is 13.1 Å². The number of aromatic nitrogens is 31. The van der Waals surface area contributed by atoms with Crippen molar-refractivity contribution < 1.29 is 0 Å². The third-order valence-electron chi connectivity index (χ3n) is 24.3. The number of hydrogen-bond donors (Lipinski definition) is 11. The summed E-state index contributed by atoms with van der Waals surface area (Å²) in [4.78, 5) is 104. The maximum atomic E-state index is 5.90. The Balaban J connectivity index is 0.000000106. The maximum absolute atomic E-state index is 5.90. The van der Waals surface area contributed by atoms with Crippen molar-refractivity contribution >= 4 is 105 Å². The van der Waals surface area contributed by atoms with Gasteiger partial charge in [-0.1, -0.05) is 31.0 Å². The van der Waals surface area contributed by atoms with Crippen LogP contribution < -0.4 is 21.3 Å². The Morgan fingerprint density at radius 3 is 1.18 bits per heavy atom. The molecule has 0 radical (unpaired) electrons. The molecule has 1 saturated heterocycles. The molecule has 25 rings (SSSR count). The number of anilines is 3. The maximum Gasteiger partial charge on any atom is 0.181 e. The summed E-state index contributed by atoms with van der Waals surface area (Å²) in [5, 5.41) is 40.5. The standard InChI is InChI=1S/C29H27N9.2C25H21N9.C22H21N9/c1-2-6-18(5-1)11-30-12-19-9-20(14-31-13-19)21-10-22-27(37-38-28(22)34-15-21)29-35-25-17-32-16-23(26(25)36-29)24-7-3-4-8-33-24;1-34(2)14-15-7-16(10-26-9-15)17-8-18-23(32-33-24(18)29-11-17)25-30-21-13-27-12-19(22(21)31-25)20-5-3-4-6-28-20;1-14(2)30-17-7-15(9-26-11-17)16-8-18-23(33-34-24(18)29-10-16)25-31-21-13-27-12-19(22(21)32-25)20-5-3-4-6-28-20;23-15-6-13(8-24-10-15)14-7-16-19(29-30-21(16)26-9-14)22-27-17-11-25-12-18(20(17)28-22)31-4-2-1-3-5-31/h3-4,7-10,13-18,30H,1-2,5-6,11-12H2,(H,35,36)(H,34,37,38);3-13H,14H2,1-2H3,(H,30,31)(H,29,32,33);3-14,30H,1-2H3,(H,31,32)(H,29,33,34);6-12H,1-5,23H2,(H,27,28)(H,26,29,30). The normalized spacial score (nSPS) is 12.9. The van der Waals surface area contributed by atoms with E-state index in [4.69, 9.17) is 25.7 Å². The monoisotopic (exact) mass is 1810 g/mol. The van der Waals surface area contributed by atoms with Gasteiger partial charge in [0.25, 0.3) is 0 Å². The zero-order valence-corrected chi connectivity index (χ0v) is 75.0. The highest BCUT2D eigenvalue weighted by molar-refractivity contribution is 6.01. The van der Waals surface area contributed by atoms with Gasteiger partial charge in [-0.15, -0.1) is 0 Å². The summed E-state index contributed by atoms with van der Waals surface area (Å²) >= 11 is 0. The van der Waals surface area contributed by atoms with Crippen LogP contribution in [0.5, 0.6) is 0 Å². The number of nitrogens with zero attached hydrogens (tertiary/aromatic N) is 25. The van der Waals surface area contributed by atoms with Crippen molar-refractivity contribution in [3.05, 3.63) is 257 Å². The largest absolute Gasteiger partial charge is 0.397 e. The van der Waals surface area contributed by atoms with Crippen LogP contribution in [0.3, 0.4) is 0 Å². The molecule has 12 N–H and O–H groups in total. The number of imidazole rings is 4. The minimum atomic E-state index is 0.316.